The summed E-state index contributed by atoms with van der Waals surface area (Å²) in [4.78, 5) is 0. The molecule has 1 aromatic heterocycles. The van der Waals surface area contributed by atoms with E-state index in [4.69, 9.17) is 4.42 Å². The molecule has 0 aliphatic carbocycles. The summed E-state index contributed by atoms with van der Waals surface area (Å²) in [5.74, 6) is 1.06. The van der Waals surface area contributed by atoms with Gasteiger partial charge in [-0.3, -0.25) is 0 Å². The fourth-order valence-corrected chi connectivity index (χ4v) is 1.96. The minimum Gasteiger partial charge on any atom is -0.417 e. The lowest BCUT2D eigenvalue weighted by Gasteiger charge is -1.98. The van der Waals surface area contributed by atoms with Gasteiger partial charge in [0.15, 0.2) is 0 Å². The SMILES string of the molecule is Cc1ccccc1-c1nnc(C=Cc2ccccc2)o1. The van der Waals surface area contributed by atoms with Crippen molar-refractivity contribution in [3.05, 3.63) is 71.6 Å². The third-order valence-corrected chi connectivity index (χ3v) is 3.03. The zero-order valence-electron chi connectivity index (χ0n) is 11.2. The number of nitrogens with zero attached hydrogens (tertiary/aromatic N) is 2. The van der Waals surface area contributed by atoms with Gasteiger partial charge in [-0.2, -0.15) is 0 Å². The van der Waals surface area contributed by atoms with Crippen molar-refractivity contribution in [3.8, 4) is 11.5 Å². The molecule has 3 heteroatoms. The van der Waals surface area contributed by atoms with Gasteiger partial charge in [0.05, 0.1) is 0 Å². The Hall–Kier alpha value is -2.68. The standard InChI is InChI=1S/C17H14N2O/c1-13-7-5-6-10-15(13)17-19-18-16(20-17)12-11-14-8-3-2-4-9-14/h2-12H,1H3. The van der Waals surface area contributed by atoms with Gasteiger partial charge in [-0.15, -0.1) is 10.2 Å². The van der Waals surface area contributed by atoms with Crippen LogP contribution >= 0.6 is 0 Å². The van der Waals surface area contributed by atoms with Crippen LogP contribution in [-0.4, -0.2) is 10.2 Å². The van der Waals surface area contributed by atoms with Gasteiger partial charge >= 0.3 is 0 Å². The van der Waals surface area contributed by atoms with Crippen LogP contribution in [0.3, 0.4) is 0 Å². The van der Waals surface area contributed by atoms with Crippen LogP contribution in [0.25, 0.3) is 23.6 Å². The maximum atomic E-state index is 5.66. The van der Waals surface area contributed by atoms with Crippen molar-refractivity contribution in [3.63, 3.8) is 0 Å². The van der Waals surface area contributed by atoms with E-state index in [1.807, 2.05) is 73.7 Å². The lowest BCUT2D eigenvalue weighted by atomic mass is 10.1. The molecule has 0 saturated heterocycles. The summed E-state index contributed by atoms with van der Waals surface area (Å²) < 4.78 is 5.66. The fraction of sp³-hybridized carbons (Fsp3) is 0.0588. The van der Waals surface area contributed by atoms with E-state index in [0.717, 1.165) is 16.7 Å². The quantitative estimate of drug-likeness (QED) is 0.709. The summed E-state index contributed by atoms with van der Waals surface area (Å²) in [6.45, 7) is 2.03. The molecule has 0 unspecified atom stereocenters. The Morgan fingerprint density at radius 1 is 0.850 bits per heavy atom. The van der Waals surface area contributed by atoms with Crippen LogP contribution in [0.1, 0.15) is 17.0 Å². The summed E-state index contributed by atoms with van der Waals surface area (Å²) in [7, 11) is 0. The Morgan fingerprint density at radius 3 is 2.40 bits per heavy atom. The second kappa shape index (κ2) is 5.53. The monoisotopic (exact) mass is 262 g/mol. The van der Waals surface area contributed by atoms with Gasteiger partial charge in [-0.05, 0) is 30.2 Å². The molecule has 0 bridgehead atoms. The van der Waals surface area contributed by atoms with Gasteiger partial charge in [0.2, 0.25) is 11.8 Å². The van der Waals surface area contributed by atoms with Crippen LogP contribution in [0.15, 0.2) is 59.0 Å². The maximum absolute atomic E-state index is 5.66. The number of rotatable bonds is 3. The number of aryl methyl sites for hydroxylation is 1. The summed E-state index contributed by atoms with van der Waals surface area (Å²) >= 11 is 0. The second-order valence-corrected chi connectivity index (χ2v) is 4.50. The highest BCUT2D eigenvalue weighted by Crippen LogP contribution is 2.22. The van der Waals surface area contributed by atoms with Crippen molar-refractivity contribution in [1.82, 2.24) is 10.2 Å². The average molecular weight is 262 g/mol. The van der Waals surface area contributed by atoms with Crippen molar-refractivity contribution in [1.29, 1.82) is 0 Å². The normalized spacial score (nSPS) is 11.1. The van der Waals surface area contributed by atoms with E-state index in [1.165, 1.54) is 0 Å². The van der Waals surface area contributed by atoms with E-state index in [-0.39, 0.29) is 0 Å². The van der Waals surface area contributed by atoms with Crippen LogP contribution in [0.5, 0.6) is 0 Å². The first kappa shape index (κ1) is 12.4. The zero-order valence-corrected chi connectivity index (χ0v) is 11.2. The number of hydrogen-bond acceptors (Lipinski definition) is 3. The first-order valence-corrected chi connectivity index (χ1v) is 6.45. The largest absolute Gasteiger partial charge is 0.417 e. The highest BCUT2D eigenvalue weighted by atomic mass is 16.4. The van der Waals surface area contributed by atoms with E-state index in [2.05, 4.69) is 10.2 Å². The summed E-state index contributed by atoms with van der Waals surface area (Å²) in [6.07, 6.45) is 3.78. The second-order valence-electron chi connectivity index (χ2n) is 4.50. The highest BCUT2D eigenvalue weighted by Gasteiger charge is 2.08. The van der Waals surface area contributed by atoms with Crippen molar-refractivity contribution >= 4 is 12.2 Å². The molecule has 3 rings (SSSR count). The van der Waals surface area contributed by atoms with E-state index in [0.29, 0.717) is 11.8 Å². The molecule has 1 heterocycles. The van der Waals surface area contributed by atoms with Gasteiger partial charge in [-0.25, -0.2) is 0 Å². The molecule has 0 aliphatic rings. The zero-order chi connectivity index (χ0) is 13.8. The van der Waals surface area contributed by atoms with Gasteiger partial charge < -0.3 is 4.42 Å². The summed E-state index contributed by atoms with van der Waals surface area (Å²) in [6, 6.07) is 18.0. The first-order chi connectivity index (χ1) is 9.83. The minimum absolute atomic E-state index is 0.507. The van der Waals surface area contributed by atoms with E-state index in [9.17, 15) is 0 Å². The molecular weight excluding hydrogens is 248 g/mol. The van der Waals surface area contributed by atoms with Crippen molar-refractivity contribution in [2.45, 2.75) is 6.92 Å². The van der Waals surface area contributed by atoms with Gasteiger partial charge in [0.25, 0.3) is 0 Å². The third kappa shape index (κ3) is 2.67. The van der Waals surface area contributed by atoms with Gasteiger partial charge in [0, 0.05) is 11.6 Å². The maximum Gasteiger partial charge on any atom is 0.248 e. The van der Waals surface area contributed by atoms with E-state index < -0.39 is 0 Å². The topological polar surface area (TPSA) is 38.9 Å². The van der Waals surface area contributed by atoms with Crippen molar-refractivity contribution < 1.29 is 4.42 Å². The molecule has 0 aliphatic heterocycles. The molecule has 0 N–H and O–H groups in total. The Morgan fingerprint density at radius 2 is 1.60 bits per heavy atom. The minimum atomic E-state index is 0.507. The molecule has 0 fully saturated rings. The van der Waals surface area contributed by atoms with Crippen LogP contribution in [0, 0.1) is 6.92 Å². The predicted octanol–water partition coefficient (Wildman–Crippen LogP) is 4.22. The van der Waals surface area contributed by atoms with Gasteiger partial charge in [-0.1, -0.05) is 48.5 Å². The summed E-state index contributed by atoms with van der Waals surface area (Å²) in [5.41, 5.74) is 3.19. The first-order valence-electron chi connectivity index (χ1n) is 6.45. The molecule has 3 aromatic rings. The molecule has 3 nitrogen and oxygen atoms in total. The molecule has 20 heavy (non-hydrogen) atoms. The lowest BCUT2D eigenvalue weighted by molar-refractivity contribution is 0.557. The molecular formula is C17H14N2O. The molecule has 0 saturated carbocycles. The average Bonchev–Trinajstić information content (AvgIpc) is 2.95. The highest BCUT2D eigenvalue weighted by molar-refractivity contribution is 5.66. The lowest BCUT2D eigenvalue weighted by Crippen LogP contribution is -1.81. The molecule has 0 spiro atoms. The number of benzene rings is 2. The Bertz CT molecular complexity index is 730. The summed E-state index contributed by atoms with van der Waals surface area (Å²) in [5, 5.41) is 8.14. The molecule has 98 valence electrons. The van der Waals surface area contributed by atoms with Crippen LogP contribution in [-0.2, 0) is 0 Å². The molecule has 0 amide bonds. The fourth-order valence-electron chi connectivity index (χ4n) is 1.96. The molecule has 0 radical (unpaired) electrons. The van der Waals surface area contributed by atoms with Crippen LogP contribution in [0.2, 0.25) is 0 Å². The molecule has 2 aromatic carbocycles. The Balaban J connectivity index is 1.85. The van der Waals surface area contributed by atoms with E-state index >= 15 is 0 Å². The smallest absolute Gasteiger partial charge is 0.248 e. The number of hydrogen-bond donors (Lipinski definition) is 0. The van der Waals surface area contributed by atoms with Gasteiger partial charge in [0.1, 0.15) is 0 Å². The molecule has 0 atom stereocenters. The van der Waals surface area contributed by atoms with Crippen molar-refractivity contribution in [2.24, 2.45) is 0 Å². The van der Waals surface area contributed by atoms with Crippen molar-refractivity contribution in [2.75, 3.05) is 0 Å². The van der Waals surface area contributed by atoms with E-state index in [1.54, 1.807) is 0 Å². The third-order valence-electron chi connectivity index (χ3n) is 3.03. The van der Waals surface area contributed by atoms with Crippen LogP contribution < -0.4 is 0 Å². The number of aromatic nitrogens is 2. The Kier molecular flexibility index (Phi) is 3.42. The predicted molar refractivity (Wildman–Crippen MR) is 79.8 cm³/mol. The van der Waals surface area contributed by atoms with Crippen LogP contribution in [0.4, 0.5) is 0 Å². The Labute approximate surface area is 117 Å².